The maximum Gasteiger partial charge on any atom is 0.275 e. The van der Waals surface area contributed by atoms with Gasteiger partial charge in [0.05, 0.1) is 5.52 Å². The number of benzene rings is 2. The van der Waals surface area contributed by atoms with Crippen LogP contribution in [0.25, 0.3) is 22.0 Å². The molecule has 2 aromatic carbocycles. The summed E-state index contributed by atoms with van der Waals surface area (Å²) in [5.74, 6) is -2.24. The summed E-state index contributed by atoms with van der Waals surface area (Å²) in [6.45, 7) is 0. The lowest BCUT2D eigenvalue weighted by atomic mass is 10.0. The molecule has 1 unspecified atom stereocenters. The van der Waals surface area contributed by atoms with E-state index in [9.17, 15) is 14.4 Å². The van der Waals surface area contributed by atoms with Crippen LogP contribution in [0.5, 0.6) is 0 Å². The highest BCUT2D eigenvalue weighted by Gasteiger charge is 2.33. The van der Waals surface area contributed by atoms with Gasteiger partial charge in [-0.2, -0.15) is 0 Å². The molecule has 3 rings (SSSR count). The highest BCUT2D eigenvalue weighted by Crippen LogP contribution is 2.24. The van der Waals surface area contributed by atoms with E-state index < -0.39 is 23.8 Å². The molecule has 148 valence electrons. The van der Waals surface area contributed by atoms with E-state index in [1.807, 2.05) is 30.3 Å². The largest absolute Gasteiger partial charge is 0.357 e. The standard InChI is InChI=1S/C21H20N4O4/c1-22-19(26)18(20(27)24-29)25(2)21(28)14-7-5-13(6-8-14)15-9-10-17-16(12-15)4-3-11-23-17/h3-12,18,29H,1-2H3,(H,22,26)(H,24,27). The summed E-state index contributed by atoms with van der Waals surface area (Å²) >= 11 is 0. The average Bonchev–Trinajstić information content (AvgIpc) is 2.78. The molecule has 0 bridgehead atoms. The van der Waals surface area contributed by atoms with Crippen LogP contribution in [0.15, 0.2) is 60.8 Å². The summed E-state index contributed by atoms with van der Waals surface area (Å²) in [6.07, 6.45) is 1.74. The monoisotopic (exact) mass is 392 g/mol. The van der Waals surface area contributed by atoms with Crippen molar-refractivity contribution in [2.24, 2.45) is 0 Å². The van der Waals surface area contributed by atoms with Gasteiger partial charge in [0.2, 0.25) is 0 Å². The molecule has 29 heavy (non-hydrogen) atoms. The topological polar surface area (TPSA) is 112 Å². The molecule has 1 atom stereocenters. The van der Waals surface area contributed by atoms with Crippen LogP contribution in [0.1, 0.15) is 10.4 Å². The third-order valence-electron chi connectivity index (χ3n) is 4.63. The average molecular weight is 392 g/mol. The van der Waals surface area contributed by atoms with Crippen molar-refractivity contribution in [2.45, 2.75) is 6.04 Å². The zero-order valence-electron chi connectivity index (χ0n) is 15.9. The Hall–Kier alpha value is -3.78. The van der Waals surface area contributed by atoms with Gasteiger partial charge in [0, 0.05) is 31.2 Å². The molecule has 8 nitrogen and oxygen atoms in total. The van der Waals surface area contributed by atoms with Crippen molar-refractivity contribution < 1.29 is 19.6 Å². The van der Waals surface area contributed by atoms with Crippen molar-refractivity contribution in [1.29, 1.82) is 0 Å². The number of fused-ring (bicyclic) bond motifs is 1. The Labute approximate surface area is 167 Å². The molecule has 1 aromatic heterocycles. The maximum atomic E-state index is 12.7. The second kappa shape index (κ2) is 8.49. The molecular formula is C21H20N4O4. The molecule has 0 fully saturated rings. The van der Waals surface area contributed by atoms with Crippen LogP contribution in [0.3, 0.4) is 0 Å². The van der Waals surface area contributed by atoms with Crippen molar-refractivity contribution in [3.63, 3.8) is 0 Å². The van der Waals surface area contributed by atoms with Crippen molar-refractivity contribution in [3.8, 4) is 11.1 Å². The summed E-state index contributed by atoms with van der Waals surface area (Å²) in [6, 6.07) is 15.1. The number of nitrogens with one attached hydrogen (secondary N) is 2. The van der Waals surface area contributed by atoms with Crippen molar-refractivity contribution >= 4 is 28.6 Å². The van der Waals surface area contributed by atoms with Gasteiger partial charge >= 0.3 is 0 Å². The Morgan fingerprint density at radius 2 is 1.69 bits per heavy atom. The molecule has 8 heteroatoms. The normalized spacial score (nSPS) is 11.6. The van der Waals surface area contributed by atoms with Gasteiger partial charge in [-0.3, -0.25) is 24.6 Å². The van der Waals surface area contributed by atoms with Crippen LogP contribution >= 0.6 is 0 Å². The van der Waals surface area contributed by atoms with Gasteiger partial charge in [-0.05, 0) is 41.5 Å². The number of aromatic nitrogens is 1. The van der Waals surface area contributed by atoms with Gasteiger partial charge < -0.3 is 10.2 Å². The number of hydrogen-bond donors (Lipinski definition) is 3. The predicted molar refractivity (Wildman–Crippen MR) is 107 cm³/mol. The summed E-state index contributed by atoms with van der Waals surface area (Å²) in [5, 5.41) is 12.2. The highest BCUT2D eigenvalue weighted by atomic mass is 16.5. The van der Waals surface area contributed by atoms with Crippen molar-refractivity contribution in [2.75, 3.05) is 14.1 Å². The minimum Gasteiger partial charge on any atom is -0.357 e. The molecule has 0 aliphatic carbocycles. The third-order valence-corrected chi connectivity index (χ3v) is 4.63. The van der Waals surface area contributed by atoms with Crippen LogP contribution < -0.4 is 10.8 Å². The van der Waals surface area contributed by atoms with Crippen LogP contribution in [-0.2, 0) is 9.59 Å². The van der Waals surface area contributed by atoms with Crippen LogP contribution in [0.2, 0.25) is 0 Å². The zero-order chi connectivity index (χ0) is 21.0. The zero-order valence-corrected chi connectivity index (χ0v) is 15.9. The highest BCUT2D eigenvalue weighted by molar-refractivity contribution is 6.08. The van der Waals surface area contributed by atoms with Crippen molar-refractivity contribution in [3.05, 3.63) is 66.4 Å². The van der Waals surface area contributed by atoms with Gasteiger partial charge in [0.15, 0.2) is 6.04 Å². The smallest absolute Gasteiger partial charge is 0.275 e. The van der Waals surface area contributed by atoms with E-state index in [1.165, 1.54) is 19.6 Å². The number of hydroxylamine groups is 1. The van der Waals surface area contributed by atoms with E-state index in [0.717, 1.165) is 26.9 Å². The molecule has 0 spiro atoms. The Morgan fingerprint density at radius 1 is 1.00 bits per heavy atom. The summed E-state index contributed by atoms with van der Waals surface area (Å²) in [5.41, 5.74) is 4.49. The number of amides is 3. The number of hydrogen-bond acceptors (Lipinski definition) is 5. The molecular weight excluding hydrogens is 372 g/mol. The number of carbonyl (C=O) groups is 3. The van der Waals surface area contributed by atoms with Gasteiger partial charge in [-0.25, -0.2) is 5.48 Å². The molecule has 0 saturated heterocycles. The van der Waals surface area contributed by atoms with Gasteiger partial charge in [0.1, 0.15) is 0 Å². The van der Waals surface area contributed by atoms with Crippen LogP contribution in [0, 0.1) is 0 Å². The number of carbonyl (C=O) groups excluding carboxylic acids is 3. The van der Waals surface area contributed by atoms with E-state index >= 15 is 0 Å². The minimum absolute atomic E-state index is 0.304. The maximum absolute atomic E-state index is 12.7. The second-order valence-corrected chi connectivity index (χ2v) is 6.40. The van der Waals surface area contributed by atoms with E-state index in [0.29, 0.717) is 5.56 Å². The second-order valence-electron chi connectivity index (χ2n) is 6.40. The molecule has 3 N–H and O–H groups in total. The Balaban J connectivity index is 1.85. The lowest BCUT2D eigenvalue weighted by molar-refractivity contribution is -0.140. The van der Waals surface area contributed by atoms with Crippen LogP contribution in [0.4, 0.5) is 0 Å². The van der Waals surface area contributed by atoms with Crippen molar-refractivity contribution in [1.82, 2.24) is 20.7 Å². The molecule has 3 amide bonds. The number of rotatable bonds is 5. The molecule has 0 aliphatic heterocycles. The quantitative estimate of drug-likeness (QED) is 0.347. The SMILES string of the molecule is CNC(=O)C(C(=O)NO)N(C)C(=O)c1ccc(-c2ccc3ncccc3c2)cc1. The molecule has 0 aliphatic rings. The van der Waals surface area contributed by atoms with Crippen LogP contribution in [-0.4, -0.2) is 52.9 Å². The predicted octanol–water partition coefficient (Wildman–Crippen LogP) is 1.59. The van der Waals surface area contributed by atoms with E-state index in [1.54, 1.807) is 30.5 Å². The van der Waals surface area contributed by atoms with E-state index in [-0.39, 0.29) is 0 Å². The molecule has 1 heterocycles. The first-order valence-corrected chi connectivity index (χ1v) is 8.84. The van der Waals surface area contributed by atoms with E-state index in [4.69, 9.17) is 5.21 Å². The number of likely N-dealkylation sites (N-methyl/N-ethyl adjacent to an activating group) is 2. The summed E-state index contributed by atoms with van der Waals surface area (Å²) in [7, 11) is 2.66. The summed E-state index contributed by atoms with van der Waals surface area (Å²) in [4.78, 5) is 41.8. The third kappa shape index (κ3) is 4.07. The Morgan fingerprint density at radius 3 is 2.34 bits per heavy atom. The fourth-order valence-corrected chi connectivity index (χ4v) is 3.05. The van der Waals surface area contributed by atoms with Gasteiger partial charge in [-0.1, -0.05) is 24.3 Å². The molecule has 0 saturated carbocycles. The lowest BCUT2D eigenvalue weighted by Crippen LogP contribution is -2.54. The first kappa shape index (κ1) is 20.0. The minimum atomic E-state index is -1.50. The Bertz CT molecular complexity index is 1050. The molecule has 3 aromatic rings. The van der Waals surface area contributed by atoms with Gasteiger partial charge in [0.25, 0.3) is 17.7 Å². The fourth-order valence-electron chi connectivity index (χ4n) is 3.05. The van der Waals surface area contributed by atoms with E-state index in [2.05, 4.69) is 10.3 Å². The Kier molecular flexibility index (Phi) is 5.85. The molecule has 0 radical (unpaired) electrons. The first-order chi connectivity index (χ1) is 14.0. The first-order valence-electron chi connectivity index (χ1n) is 8.84. The number of nitrogens with zero attached hydrogens (tertiary/aromatic N) is 2. The van der Waals surface area contributed by atoms with Gasteiger partial charge in [-0.15, -0.1) is 0 Å². The summed E-state index contributed by atoms with van der Waals surface area (Å²) < 4.78 is 0. The lowest BCUT2D eigenvalue weighted by Gasteiger charge is -2.25. The fraction of sp³-hybridized carbons (Fsp3) is 0.143. The number of pyridine rings is 1.